The Balaban J connectivity index is 1.77. The van der Waals surface area contributed by atoms with Gasteiger partial charge in [0.2, 0.25) is 0 Å². The van der Waals surface area contributed by atoms with E-state index in [2.05, 4.69) is 12.2 Å². The molecule has 0 N–H and O–H groups in total. The molecule has 0 atom stereocenters. The number of para-hydroxylation sites is 1. The lowest BCUT2D eigenvalue weighted by molar-refractivity contribution is 0.362. The molecule has 1 aliphatic rings. The van der Waals surface area contributed by atoms with Crippen molar-refractivity contribution in [3.63, 3.8) is 0 Å². The molecule has 0 amide bonds. The first-order valence-electron chi connectivity index (χ1n) is 10.5. The van der Waals surface area contributed by atoms with E-state index in [-0.39, 0.29) is 5.56 Å². The zero-order chi connectivity index (χ0) is 19.3. The summed E-state index contributed by atoms with van der Waals surface area (Å²) in [7, 11) is 0. The molecule has 1 heterocycles. The zero-order valence-electron chi connectivity index (χ0n) is 16.6. The van der Waals surface area contributed by atoms with Gasteiger partial charge in [-0.1, -0.05) is 81.5 Å². The molecule has 3 aromatic rings. The molecule has 2 aromatic carbocycles. The van der Waals surface area contributed by atoms with Gasteiger partial charge in [-0.2, -0.15) is 0 Å². The van der Waals surface area contributed by atoms with Gasteiger partial charge in [0, 0.05) is 6.42 Å². The topological polar surface area (TPSA) is 34.9 Å². The molecule has 0 radical (unpaired) electrons. The summed E-state index contributed by atoms with van der Waals surface area (Å²) < 4.78 is 1.76. The molecule has 3 heteroatoms. The van der Waals surface area contributed by atoms with Gasteiger partial charge >= 0.3 is 0 Å². The third-order valence-corrected chi connectivity index (χ3v) is 5.82. The number of hydrogen-bond donors (Lipinski definition) is 0. The van der Waals surface area contributed by atoms with Gasteiger partial charge in [0.25, 0.3) is 5.56 Å². The van der Waals surface area contributed by atoms with Crippen LogP contribution >= 0.6 is 0 Å². The Morgan fingerprint density at radius 1 is 1.04 bits per heavy atom. The fourth-order valence-corrected chi connectivity index (χ4v) is 4.33. The van der Waals surface area contributed by atoms with Gasteiger partial charge in [-0.05, 0) is 36.1 Å². The van der Waals surface area contributed by atoms with Crippen LogP contribution in [0.1, 0.15) is 56.8 Å². The Labute approximate surface area is 166 Å². The van der Waals surface area contributed by atoms with Gasteiger partial charge in [-0.25, -0.2) is 4.98 Å². The van der Waals surface area contributed by atoms with E-state index in [0.29, 0.717) is 11.8 Å². The summed E-state index contributed by atoms with van der Waals surface area (Å²) in [6, 6.07) is 15.8. The van der Waals surface area contributed by atoms with Crippen LogP contribution in [0, 0.1) is 5.92 Å². The second-order valence-corrected chi connectivity index (χ2v) is 7.74. The first-order chi connectivity index (χ1) is 13.8. The maximum atomic E-state index is 13.5. The van der Waals surface area contributed by atoms with E-state index < -0.39 is 0 Å². The Morgan fingerprint density at radius 3 is 2.57 bits per heavy atom. The molecule has 0 saturated heterocycles. The second-order valence-electron chi connectivity index (χ2n) is 7.74. The number of benzene rings is 2. The summed E-state index contributed by atoms with van der Waals surface area (Å²) in [5.41, 5.74) is 2.65. The summed E-state index contributed by atoms with van der Waals surface area (Å²) in [5.74, 6) is 1.60. The monoisotopic (exact) mass is 372 g/mol. The zero-order valence-corrected chi connectivity index (χ0v) is 16.6. The minimum Gasteiger partial charge on any atom is -0.268 e. The minimum atomic E-state index is 0.0194. The molecule has 144 valence electrons. The van der Waals surface area contributed by atoms with Crippen LogP contribution in [0.15, 0.2) is 59.4 Å². The highest BCUT2D eigenvalue weighted by molar-refractivity contribution is 5.87. The maximum absolute atomic E-state index is 13.5. The van der Waals surface area contributed by atoms with Crippen LogP contribution in [0.25, 0.3) is 22.7 Å². The summed E-state index contributed by atoms with van der Waals surface area (Å²) in [6.45, 7) is 2.04. The van der Waals surface area contributed by atoms with Crippen LogP contribution in [0.2, 0.25) is 0 Å². The van der Waals surface area contributed by atoms with E-state index in [1.807, 2.05) is 55.5 Å². The Kier molecular flexibility index (Phi) is 5.70. The van der Waals surface area contributed by atoms with Gasteiger partial charge in [0.05, 0.1) is 16.6 Å². The summed E-state index contributed by atoms with van der Waals surface area (Å²) in [6.07, 6.45) is 13.0. The van der Waals surface area contributed by atoms with Gasteiger partial charge < -0.3 is 0 Å². The van der Waals surface area contributed by atoms with Crippen molar-refractivity contribution in [3.8, 4) is 5.69 Å². The predicted octanol–water partition coefficient (Wildman–Crippen LogP) is 5.93. The number of aryl methyl sites for hydroxylation is 1. The summed E-state index contributed by atoms with van der Waals surface area (Å²) in [4.78, 5) is 18.3. The molecule has 1 aliphatic carbocycles. The second kappa shape index (κ2) is 8.55. The first-order valence-corrected chi connectivity index (χ1v) is 10.5. The van der Waals surface area contributed by atoms with Crippen molar-refractivity contribution in [1.82, 2.24) is 9.55 Å². The Bertz CT molecular complexity index is 1030. The highest BCUT2D eigenvalue weighted by Crippen LogP contribution is 2.27. The lowest BCUT2D eigenvalue weighted by atomic mass is 9.87. The van der Waals surface area contributed by atoms with Crippen molar-refractivity contribution in [2.45, 2.75) is 51.9 Å². The molecule has 1 saturated carbocycles. The molecule has 0 aliphatic heterocycles. The van der Waals surface area contributed by atoms with Gasteiger partial charge in [0.15, 0.2) is 0 Å². The van der Waals surface area contributed by atoms with Crippen LogP contribution in [0.3, 0.4) is 0 Å². The number of rotatable bonds is 5. The molecule has 4 rings (SSSR count). The SMILES string of the molecule is CCc1nc2cccc(/C=C/CC3CCCCC3)c2c(=O)n1-c1ccccc1. The van der Waals surface area contributed by atoms with Crippen LogP contribution in [-0.2, 0) is 6.42 Å². The summed E-state index contributed by atoms with van der Waals surface area (Å²) >= 11 is 0. The number of allylic oxidation sites excluding steroid dienone is 1. The fraction of sp³-hybridized carbons (Fsp3) is 0.360. The van der Waals surface area contributed by atoms with Crippen molar-refractivity contribution < 1.29 is 0 Å². The highest BCUT2D eigenvalue weighted by atomic mass is 16.1. The first kappa shape index (κ1) is 18.7. The van der Waals surface area contributed by atoms with Gasteiger partial charge in [-0.15, -0.1) is 0 Å². The highest BCUT2D eigenvalue weighted by Gasteiger charge is 2.14. The van der Waals surface area contributed by atoms with E-state index in [9.17, 15) is 4.79 Å². The molecule has 0 spiro atoms. The Morgan fingerprint density at radius 2 is 1.82 bits per heavy atom. The van der Waals surface area contributed by atoms with Crippen molar-refractivity contribution in [1.29, 1.82) is 0 Å². The lowest BCUT2D eigenvalue weighted by Gasteiger charge is -2.19. The average Bonchev–Trinajstić information content (AvgIpc) is 2.75. The van der Waals surface area contributed by atoms with Crippen molar-refractivity contribution in [2.75, 3.05) is 0 Å². The predicted molar refractivity (Wildman–Crippen MR) is 117 cm³/mol. The Hall–Kier alpha value is -2.68. The number of aromatic nitrogens is 2. The third kappa shape index (κ3) is 3.80. The van der Waals surface area contributed by atoms with E-state index in [1.165, 1.54) is 32.1 Å². The molecular formula is C25H28N2O. The molecule has 0 bridgehead atoms. The fourth-order valence-electron chi connectivity index (χ4n) is 4.33. The minimum absolute atomic E-state index is 0.0194. The normalized spacial score (nSPS) is 15.5. The number of nitrogens with zero attached hydrogens (tertiary/aromatic N) is 2. The van der Waals surface area contributed by atoms with Gasteiger partial charge in [-0.3, -0.25) is 9.36 Å². The van der Waals surface area contributed by atoms with Crippen LogP contribution in [-0.4, -0.2) is 9.55 Å². The molecule has 1 fully saturated rings. The van der Waals surface area contributed by atoms with Crippen molar-refractivity contribution in [2.24, 2.45) is 5.92 Å². The maximum Gasteiger partial charge on any atom is 0.266 e. The van der Waals surface area contributed by atoms with E-state index >= 15 is 0 Å². The number of hydrogen-bond acceptors (Lipinski definition) is 2. The third-order valence-electron chi connectivity index (χ3n) is 5.82. The molecule has 3 nitrogen and oxygen atoms in total. The summed E-state index contributed by atoms with van der Waals surface area (Å²) in [5, 5.41) is 0.712. The molecule has 1 aromatic heterocycles. The van der Waals surface area contributed by atoms with Crippen LogP contribution in [0.4, 0.5) is 0 Å². The van der Waals surface area contributed by atoms with Crippen molar-refractivity contribution in [3.05, 3.63) is 76.3 Å². The van der Waals surface area contributed by atoms with E-state index in [4.69, 9.17) is 4.98 Å². The van der Waals surface area contributed by atoms with Crippen LogP contribution in [0.5, 0.6) is 0 Å². The van der Waals surface area contributed by atoms with E-state index in [1.54, 1.807) is 4.57 Å². The van der Waals surface area contributed by atoms with Crippen LogP contribution < -0.4 is 5.56 Å². The lowest BCUT2D eigenvalue weighted by Crippen LogP contribution is -2.24. The largest absolute Gasteiger partial charge is 0.268 e. The standard InChI is InChI=1S/C25H28N2O/c1-2-23-26-22-18-10-15-20(14-9-13-19-11-5-3-6-12-19)24(22)25(28)27(23)21-16-7-4-8-17-21/h4,7-10,14-19H,2-3,5-6,11-13H2,1H3/b14-9+. The molecular weight excluding hydrogens is 344 g/mol. The van der Waals surface area contributed by atoms with E-state index in [0.717, 1.165) is 34.9 Å². The van der Waals surface area contributed by atoms with Crippen molar-refractivity contribution >= 4 is 17.0 Å². The average molecular weight is 373 g/mol. The number of fused-ring (bicyclic) bond motifs is 1. The smallest absolute Gasteiger partial charge is 0.266 e. The quantitative estimate of drug-likeness (QED) is 0.556. The molecule has 0 unspecified atom stereocenters. The van der Waals surface area contributed by atoms with Gasteiger partial charge in [0.1, 0.15) is 5.82 Å². The molecule has 28 heavy (non-hydrogen) atoms.